The van der Waals surface area contributed by atoms with Crippen molar-refractivity contribution >= 4 is 10.8 Å². The first-order valence-corrected chi connectivity index (χ1v) is 10.3. The number of aromatic nitrogens is 2. The van der Waals surface area contributed by atoms with Crippen LogP contribution >= 0.6 is 0 Å². The van der Waals surface area contributed by atoms with Crippen molar-refractivity contribution in [2.24, 2.45) is 7.05 Å². The molecule has 0 saturated carbocycles. The molecule has 29 heavy (non-hydrogen) atoms. The van der Waals surface area contributed by atoms with Crippen LogP contribution in [0, 0.1) is 20.8 Å². The van der Waals surface area contributed by atoms with Crippen molar-refractivity contribution in [2.45, 2.75) is 40.5 Å². The highest BCUT2D eigenvalue weighted by atomic mass is 14.9. The van der Waals surface area contributed by atoms with Crippen LogP contribution in [0.25, 0.3) is 33.2 Å². The third kappa shape index (κ3) is 3.44. The number of hydrogen-bond donors (Lipinski definition) is 0. The van der Waals surface area contributed by atoms with E-state index in [0.29, 0.717) is 5.92 Å². The Kier molecular flexibility index (Phi) is 4.96. The van der Waals surface area contributed by atoms with Crippen molar-refractivity contribution in [1.29, 1.82) is 0 Å². The Bertz CT molecular complexity index is 1220. The van der Waals surface area contributed by atoms with Crippen LogP contribution < -0.4 is 4.57 Å². The molecule has 0 fully saturated rings. The third-order valence-electron chi connectivity index (χ3n) is 5.88. The van der Waals surface area contributed by atoms with Crippen LogP contribution in [0.2, 0.25) is 0 Å². The van der Waals surface area contributed by atoms with Crippen molar-refractivity contribution in [3.63, 3.8) is 0 Å². The Morgan fingerprint density at radius 1 is 0.931 bits per heavy atom. The second kappa shape index (κ2) is 7.44. The van der Waals surface area contributed by atoms with Crippen molar-refractivity contribution < 1.29 is 4.57 Å². The van der Waals surface area contributed by atoms with Crippen molar-refractivity contribution in [1.82, 2.24) is 4.98 Å². The molecule has 0 atom stereocenters. The number of nitrogens with zero attached hydrogens (tertiary/aromatic N) is 2. The van der Waals surface area contributed by atoms with Crippen LogP contribution in [0.3, 0.4) is 0 Å². The number of aryl methyl sites for hydroxylation is 3. The van der Waals surface area contributed by atoms with E-state index in [1.54, 1.807) is 0 Å². The Hall–Kier alpha value is -3.00. The lowest BCUT2D eigenvalue weighted by atomic mass is 9.89. The summed E-state index contributed by atoms with van der Waals surface area (Å²) in [5.74, 6) is 0.394. The predicted molar refractivity (Wildman–Crippen MR) is 122 cm³/mol. The van der Waals surface area contributed by atoms with Gasteiger partial charge in [0.2, 0.25) is 5.69 Å². The highest BCUT2D eigenvalue weighted by molar-refractivity contribution is 6.01. The average molecular weight is 382 g/mol. The van der Waals surface area contributed by atoms with Gasteiger partial charge in [0.1, 0.15) is 7.05 Å². The largest absolute Gasteiger partial charge is 0.261 e. The van der Waals surface area contributed by atoms with E-state index in [0.717, 1.165) is 5.69 Å². The van der Waals surface area contributed by atoms with Gasteiger partial charge in [-0.05, 0) is 67.6 Å². The minimum atomic E-state index is 0.394. The van der Waals surface area contributed by atoms with Gasteiger partial charge in [-0.15, -0.1) is 0 Å². The highest BCUT2D eigenvalue weighted by Crippen LogP contribution is 2.38. The van der Waals surface area contributed by atoms with Gasteiger partial charge in [-0.25, -0.2) is 0 Å². The molecule has 2 aromatic carbocycles. The summed E-state index contributed by atoms with van der Waals surface area (Å²) in [5.41, 5.74) is 10.1. The fourth-order valence-electron chi connectivity index (χ4n) is 4.24. The summed E-state index contributed by atoms with van der Waals surface area (Å²) < 4.78 is 2.29. The fraction of sp³-hybridized carbons (Fsp3) is 0.259. The zero-order valence-electron chi connectivity index (χ0n) is 18.2. The van der Waals surface area contributed by atoms with E-state index < -0.39 is 0 Å². The van der Waals surface area contributed by atoms with E-state index >= 15 is 0 Å². The molecule has 0 aliphatic carbocycles. The van der Waals surface area contributed by atoms with Gasteiger partial charge in [-0.3, -0.25) is 4.98 Å². The molecule has 4 aromatic rings. The molecule has 0 amide bonds. The monoisotopic (exact) mass is 381 g/mol. The molecule has 0 N–H and O–H groups in total. The van der Waals surface area contributed by atoms with Gasteiger partial charge in [0.15, 0.2) is 6.20 Å². The van der Waals surface area contributed by atoms with Gasteiger partial charge in [0.25, 0.3) is 0 Å². The number of fused-ring (bicyclic) bond motifs is 1. The molecule has 0 aliphatic rings. The smallest absolute Gasteiger partial charge is 0.221 e. The summed E-state index contributed by atoms with van der Waals surface area (Å²) in [6, 6.07) is 17.7. The molecule has 2 aromatic heterocycles. The van der Waals surface area contributed by atoms with E-state index in [-0.39, 0.29) is 0 Å². The first kappa shape index (κ1) is 19.3. The molecule has 4 rings (SSSR count). The van der Waals surface area contributed by atoms with Crippen LogP contribution in [0.1, 0.15) is 42.1 Å². The van der Waals surface area contributed by atoms with E-state index in [1.807, 2.05) is 6.20 Å². The van der Waals surface area contributed by atoms with Gasteiger partial charge in [0, 0.05) is 22.7 Å². The maximum atomic E-state index is 4.61. The summed E-state index contributed by atoms with van der Waals surface area (Å²) in [7, 11) is 2.16. The van der Waals surface area contributed by atoms with Crippen LogP contribution in [0.4, 0.5) is 0 Å². The first-order valence-electron chi connectivity index (χ1n) is 10.3. The molecule has 146 valence electrons. The fourth-order valence-corrected chi connectivity index (χ4v) is 4.24. The Labute approximate surface area is 173 Å². The average Bonchev–Trinajstić information content (AvgIpc) is 2.70. The minimum Gasteiger partial charge on any atom is -0.261 e. The SMILES string of the molecule is Cc1cc(C)c(C)c(-c2c(-c3ccnc(C(C)C)c3)c3ccccc3c[n+]2C)c1. The van der Waals surface area contributed by atoms with Crippen molar-refractivity contribution in [3.8, 4) is 22.4 Å². The molecule has 2 nitrogen and oxygen atoms in total. The van der Waals surface area contributed by atoms with E-state index in [2.05, 4.69) is 106 Å². The van der Waals surface area contributed by atoms with Gasteiger partial charge in [0.05, 0.1) is 11.1 Å². The number of hydrogen-bond acceptors (Lipinski definition) is 1. The van der Waals surface area contributed by atoms with E-state index in [4.69, 9.17) is 0 Å². The lowest BCUT2D eigenvalue weighted by Gasteiger charge is -2.16. The summed E-state index contributed by atoms with van der Waals surface area (Å²) in [6.07, 6.45) is 4.19. The molecule has 0 aliphatic heterocycles. The molecule has 0 radical (unpaired) electrons. The van der Waals surface area contributed by atoms with Crippen LogP contribution in [-0.2, 0) is 7.05 Å². The maximum absolute atomic E-state index is 4.61. The summed E-state index contributed by atoms with van der Waals surface area (Å²) in [5, 5.41) is 2.53. The van der Waals surface area contributed by atoms with Crippen LogP contribution in [0.5, 0.6) is 0 Å². The minimum absolute atomic E-state index is 0.394. The molecule has 0 saturated heterocycles. The lowest BCUT2D eigenvalue weighted by Crippen LogP contribution is -2.31. The zero-order chi connectivity index (χ0) is 20.7. The quantitative estimate of drug-likeness (QED) is 0.373. The molecule has 0 bridgehead atoms. The summed E-state index contributed by atoms with van der Waals surface area (Å²) >= 11 is 0. The Morgan fingerprint density at radius 2 is 1.69 bits per heavy atom. The van der Waals surface area contributed by atoms with E-state index in [1.165, 1.54) is 49.8 Å². The number of pyridine rings is 2. The number of benzene rings is 2. The molecule has 0 unspecified atom stereocenters. The van der Waals surface area contributed by atoms with Gasteiger partial charge < -0.3 is 0 Å². The Morgan fingerprint density at radius 3 is 2.45 bits per heavy atom. The second-order valence-corrected chi connectivity index (χ2v) is 8.43. The third-order valence-corrected chi connectivity index (χ3v) is 5.88. The lowest BCUT2D eigenvalue weighted by molar-refractivity contribution is -0.658. The van der Waals surface area contributed by atoms with Gasteiger partial charge in [-0.2, -0.15) is 4.57 Å². The molecular formula is C27H29N2+. The van der Waals surface area contributed by atoms with Crippen LogP contribution in [-0.4, -0.2) is 4.98 Å². The first-order chi connectivity index (χ1) is 13.9. The second-order valence-electron chi connectivity index (χ2n) is 8.43. The van der Waals surface area contributed by atoms with Gasteiger partial charge in [-0.1, -0.05) is 43.7 Å². The molecule has 2 heterocycles. The number of rotatable bonds is 3. The maximum Gasteiger partial charge on any atom is 0.221 e. The topological polar surface area (TPSA) is 16.8 Å². The van der Waals surface area contributed by atoms with Crippen molar-refractivity contribution in [3.05, 3.63) is 83.3 Å². The highest BCUT2D eigenvalue weighted by Gasteiger charge is 2.24. The summed E-state index contributed by atoms with van der Waals surface area (Å²) in [4.78, 5) is 4.61. The molecular weight excluding hydrogens is 352 g/mol. The molecule has 2 heteroatoms. The normalized spacial score (nSPS) is 11.4. The van der Waals surface area contributed by atoms with Crippen molar-refractivity contribution in [2.75, 3.05) is 0 Å². The predicted octanol–water partition coefficient (Wildman–Crippen LogP) is 6.44. The van der Waals surface area contributed by atoms with Gasteiger partial charge >= 0.3 is 0 Å². The standard InChI is InChI=1S/C27H29N2/c1-17(2)25-15-21(11-12-28-25)26-23-10-8-7-9-22(23)16-29(6)27(26)24-14-18(3)13-19(4)20(24)5/h7-17H,1-6H3/q+1. The Balaban J connectivity index is 2.15. The van der Waals surface area contributed by atoms with Crippen LogP contribution in [0.15, 0.2) is 60.9 Å². The molecule has 0 spiro atoms. The summed E-state index contributed by atoms with van der Waals surface area (Å²) in [6.45, 7) is 11.0. The van der Waals surface area contributed by atoms with E-state index in [9.17, 15) is 0 Å². The zero-order valence-corrected chi connectivity index (χ0v) is 18.2.